The summed E-state index contributed by atoms with van der Waals surface area (Å²) in [5, 5.41) is 0. The van der Waals surface area contributed by atoms with Gasteiger partial charge in [-0.25, -0.2) is 0 Å². The lowest BCUT2D eigenvalue weighted by atomic mass is 9.95. The van der Waals surface area contributed by atoms with E-state index in [0.717, 1.165) is 41.8 Å². The summed E-state index contributed by atoms with van der Waals surface area (Å²) in [6.07, 6.45) is 3.99. The SMILES string of the molecule is CCc1ccccc1OC(/C=C1/c2cc(OC)c(OC)cc2CCN1C)=NC=O. The smallest absolute Gasteiger partial charge is 0.236 e. The molecular weight excluding hydrogens is 368 g/mol. The van der Waals surface area contributed by atoms with E-state index in [9.17, 15) is 4.79 Å². The molecule has 0 fully saturated rings. The van der Waals surface area contributed by atoms with Crippen molar-refractivity contribution in [3.8, 4) is 17.2 Å². The number of para-hydroxylation sites is 1. The molecule has 3 rings (SSSR count). The lowest BCUT2D eigenvalue weighted by Gasteiger charge is -2.30. The molecule has 1 amide bonds. The molecule has 6 heteroatoms. The van der Waals surface area contributed by atoms with Gasteiger partial charge < -0.3 is 19.1 Å². The predicted molar refractivity (Wildman–Crippen MR) is 114 cm³/mol. The molecule has 0 saturated carbocycles. The number of nitrogens with zero attached hydrogens (tertiary/aromatic N) is 2. The van der Waals surface area contributed by atoms with Crippen LogP contribution < -0.4 is 14.2 Å². The zero-order valence-electron chi connectivity index (χ0n) is 17.3. The average molecular weight is 394 g/mol. The molecule has 1 heterocycles. The Balaban J connectivity index is 2.05. The van der Waals surface area contributed by atoms with Gasteiger partial charge in [0, 0.05) is 30.9 Å². The minimum absolute atomic E-state index is 0.241. The van der Waals surface area contributed by atoms with Gasteiger partial charge in [-0.1, -0.05) is 25.1 Å². The molecule has 0 spiro atoms. The quantitative estimate of drug-likeness (QED) is 0.424. The molecule has 2 aromatic carbocycles. The Labute approximate surface area is 171 Å². The number of carbonyl (C=O) groups is 1. The first-order chi connectivity index (χ1) is 14.1. The van der Waals surface area contributed by atoms with E-state index in [1.54, 1.807) is 20.3 Å². The Morgan fingerprint density at radius 1 is 1.14 bits per heavy atom. The minimum atomic E-state index is 0.241. The van der Waals surface area contributed by atoms with Crippen LogP contribution in [0.2, 0.25) is 0 Å². The van der Waals surface area contributed by atoms with Crippen LogP contribution in [0.25, 0.3) is 5.70 Å². The number of fused-ring (bicyclic) bond motifs is 1. The zero-order valence-corrected chi connectivity index (χ0v) is 17.3. The third-order valence-corrected chi connectivity index (χ3v) is 5.02. The maximum Gasteiger partial charge on any atom is 0.236 e. The normalized spacial score (nSPS) is 15.1. The fourth-order valence-electron chi connectivity index (χ4n) is 3.44. The molecule has 0 unspecified atom stereocenters. The van der Waals surface area contributed by atoms with Gasteiger partial charge in [-0.3, -0.25) is 4.79 Å². The van der Waals surface area contributed by atoms with E-state index in [-0.39, 0.29) is 5.90 Å². The molecule has 0 bridgehead atoms. The Morgan fingerprint density at radius 3 is 2.55 bits per heavy atom. The molecule has 152 valence electrons. The van der Waals surface area contributed by atoms with E-state index >= 15 is 0 Å². The second-order valence-corrected chi connectivity index (χ2v) is 6.70. The fourth-order valence-corrected chi connectivity index (χ4v) is 3.44. The molecule has 0 atom stereocenters. The second kappa shape index (κ2) is 9.28. The lowest BCUT2D eigenvalue weighted by molar-refractivity contribution is -0.106. The largest absolute Gasteiger partial charge is 0.493 e. The molecule has 1 aliphatic heterocycles. The summed E-state index contributed by atoms with van der Waals surface area (Å²) in [6, 6.07) is 11.7. The van der Waals surface area contributed by atoms with Gasteiger partial charge in [0.1, 0.15) is 5.75 Å². The van der Waals surface area contributed by atoms with E-state index in [4.69, 9.17) is 14.2 Å². The van der Waals surface area contributed by atoms with Crippen molar-refractivity contribution in [1.29, 1.82) is 0 Å². The van der Waals surface area contributed by atoms with Crippen LogP contribution in [0.15, 0.2) is 47.5 Å². The van der Waals surface area contributed by atoms with E-state index in [1.807, 2.05) is 43.4 Å². The number of methoxy groups -OCH3 is 2. The van der Waals surface area contributed by atoms with Crippen molar-refractivity contribution in [2.45, 2.75) is 19.8 Å². The van der Waals surface area contributed by atoms with Crippen LogP contribution >= 0.6 is 0 Å². The third-order valence-electron chi connectivity index (χ3n) is 5.02. The topological polar surface area (TPSA) is 60.4 Å². The highest BCUT2D eigenvalue weighted by atomic mass is 16.5. The number of rotatable bonds is 6. The number of hydrogen-bond donors (Lipinski definition) is 0. The van der Waals surface area contributed by atoms with E-state index in [2.05, 4.69) is 16.8 Å². The minimum Gasteiger partial charge on any atom is -0.493 e. The summed E-state index contributed by atoms with van der Waals surface area (Å²) in [5.41, 5.74) is 4.10. The summed E-state index contributed by atoms with van der Waals surface area (Å²) in [6.45, 7) is 2.89. The van der Waals surface area contributed by atoms with Crippen molar-refractivity contribution in [2.24, 2.45) is 4.99 Å². The van der Waals surface area contributed by atoms with Crippen LogP contribution in [-0.2, 0) is 17.6 Å². The molecule has 29 heavy (non-hydrogen) atoms. The highest BCUT2D eigenvalue weighted by molar-refractivity contribution is 5.99. The molecule has 2 aromatic rings. The first-order valence-electron chi connectivity index (χ1n) is 9.56. The highest BCUT2D eigenvalue weighted by Gasteiger charge is 2.22. The standard InChI is InChI=1S/C23H26N2O4/c1-5-16-8-6-7-9-20(16)29-23(24-15-26)14-19-18-13-22(28-4)21(27-3)12-17(18)10-11-25(19)2/h6-9,12-15H,5,10-11H2,1-4H3/b19-14-,24-23?. The Kier molecular flexibility index (Phi) is 6.54. The van der Waals surface area contributed by atoms with Gasteiger partial charge in [0.05, 0.1) is 14.2 Å². The summed E-state index contributed by atoms with van der Waals surface area (Å²) < 4.78 is 16.9. The van der Waals surface area contributed by atoms with E-state index < -0.39 is 0 Å². The summed E-state index contributed by atoms with van der Waals surface area (Å²) in [5.74, 6) is 2.28. The molecule has 0 saturated heterocycles. The monoisotopic (exact) mass is 394 g/mol. The molecule has 0 radical (unpaired) electrons. The number of hydrogen-bond acceptors (Lipinski definition) is 5. The van der Waals surface area contributed by atoms with Crippen molar-refractivity contribution in [1.82, 2.24) is 4.90 Å². The zero-order chi connectivity index (χ0) is 20.8. The van der Waals surface area contributed by atoms with Gasteiger partial charge in [-0.05, 0) is 42.2 Å². The molecular formula is C23H26N2O4. The number of amides is 1. The Morgan fingerprint density at radius 2 is 1.86 bits per heavy atom. The first kappa shape index (κ1) is 20.5. The molecule has 0 aliphatic carbocycles. The second-order valence-electron chi connectivity index (χ2n) is 6.70. The number of ether oxygens (including phenoxy) is 3. The Hall–Kier alpha value is -3.28. The van der Waals surface area contributed by atoms with Crippen molar-refractivity contribution >= 4 is 18.0 Å². The molecule has 1 aliphatic rings. The Bertz CT molecular complexity index is 950. The maximum atomic E-state index is 11.2. The number of aryl methyl sites for hydroxylation is 1. The van der Waals surface area contributed by atoms with Gasteiger partial charge in [0.2, 0.25) is 12.3 Å². The van der Waals surface area contributed by atoms with Crippen LogP contribution in [-0.4, -0.2) is 45.0 Å². The highest BCUT2D eigenvalue weighted by Crippen LogP contribution is 2.37. The summed E-state index contributed by atoms with van der Waals surface area (Å²) >= 11 is 0. The van der Waals surface area contributed by atoms with Crippen LogP contribution in [0.5, 0.6) is 17.2 Å². The van der Waals surface area contributed by atoms with E-state index in [0.29, 0.717) is 23.7 Å². The molecule has 0 N–H and O–H groups in total. The van der Waals surface area contributed by atoms with Crippen LogP contribution in [0, 0.1) is 0 Å². The number of aliphatic imine (C=N–C) groups is 1. The summed E-state index contributed by atoms with van der Waals surface area (Å²) in [4.78, 5) is 17.2. The van der Waals surface area contributed by atoms with Gasteiger partial charge in [-0.2, -0.15) is 4.99 Å². The predicted octanol–water partition coefficient (Wildman–Crippen LogP) is 3.73. The van der Waals surface area contributed by atoms with E-state index in [1.165, 1.54) is 0 Å². The first-order valence-corrected chi connectivity index (χ1v) is 9.56. The third kappa shape index (κ3) is 4.42. The fraction of sp³-hybridized carbons (Fsp3) is 0.304. The number of likely N-dealkylation sites (N-methyl/N-ethyl adjacent to an activating group) is 1. The van der Waals surface area contributed by atoms with Crippen LogP contribution in [0.4, 0.5) is 0 Å². The van der Waals surface area contributed by atoms with Gasteiger partial charge in [-0.15, -0.1) is 0 Å². The molecule has 0 aromatic heterocycles. The van der Waals surface area contributed by atoms with Crippen molar-refractivity contribution in [2.75, 3.05) is 27.8 Å². The van der Waals surface area contributed by atoms with Crippen molar-refractivity contribution in [3.63, 3.8) is 0 Å². The van der Waals surface area contributed by atoms with Crippen molar-refractivity contribution in [3.05, 3.63) is 59.2 Å². The average Bonchev–Trinajstić information content (AvgIpc) is 2.75. The van der Waals surface area contributed by atoms with Crippen LogP contribution in [0.3, 0.4) is 0 Å². The number of carbonyl (C=O) groups excluding carboxylic acids is 1. The van der Waals surface area contributed by atoms with Gasteiger partial charge >= 0.3 is 0 Å². The lowest BCUT2D eigenvalue weighted by Crippen LogP contribution is -2.27. The van der Waals surface area contributed by atoms with Crippen molar-refractivity contribution < 1.29 is 19.0 Å². The van der Waals surface area contributed by atoms with Gasteiger partial charge in [0.25, 0.3) is 0 Å². The molecule has 6 nitrogen and oxygen atoms in total. The summed E-state index contributed by atoms with van der Waals surface area (Å²) in [7, 11) is 5.25. The maximum absolute atomic E-state index is 11.2. The van der Waals surface area contributed by atoms with Crippen LogP contribution in [0.1, 0.15) is 23.6 Å². The van der Waals surface area contributed by atoms with Gasteiger partial charge in [0.15, 0.2) is 11.5 Å². The number of benzene rings is 2.